The number of hydrogen-bond acceptors (Lipinski definition) is 0. The van der Waals surface area contributed by atoms with Crippen LogP contribution >= 0.6 is 0 Å². The van der Waals surface area contributed by atoms with Gasteiger partial charge in [-0.3, -0.25) is 0 Å². The predicted octanol–water partition coefficient (Wildman–Crippen LogP) is 4.49. The molecular formula is C18H16. The first-order chi connectivity index (χ1) is 8.93. The summed E-state index contributed by atoms with van der Waals surface area (Å²) in [4.78, 5) is 0. The van der Waals surface area contributed by atoms with Gasteiger partial charge in [0.15, 0.2) is 0 Å². The van der Waals surface area contributed by atoms with E-state index in [4.69, 9.17) is 0 Å². The summed E-state index contributed by atoms with van der Waals surface area (Å²) in [6.07, 6.45) is 4.89. The fourth-order valence-corrected chi connectivity index (χ4v) is 3.48. The highest BCUT2D eigenvalue weighted by Gasteiger charge is 2.24. The highest BCUT2D eigenvalue weighted by atomic mass is 14.3. The van der Waals surface area contributed by atoms with Crippen molar-refractivity contribution >= 4 is 11.1 Å². The van der Waals surface area contributed by atoms with Crippen molar-refractivity contribution in [3.8, 4) is 0 Å². The maximum atomic E-state index is 2.30. The third-order valence-corrected chi connectivity index (χ3v) is 4.34. The summed E-state index contributed by atoms with van der Waals surface area (Å²) in [5.74, 6) is 0. The van der Waals surface area contributed by atoms with Gasteiger partial charge in [-0.1, -0.05) is 48.5 Å². The lowest BCUT2D eigenvalue weighted by Crippen LogP contribution is -1.85. The zero-order chi connectivity index (χ0) is 11.9. The summed E-state index contributed by atoms with van der Waals surface area (Å²) in [6, 6.07) is 17.8. The molecule has 2 aromatic rings. The van der Waals surface area contributed by atoms with E-state index < -0.39 is 0 Å². The van der Waals surface area contributed by atoms with Crippen molar-refractivity contribution in [3.63, 3.8) is 0 Å². The standard InChI is InChI=1S/C18H16/c1-3-7-15-13(5-1)9-11-17(15)18-12-10-14-6-2-4-8-16(14)18/h1-8H,9-12H2/b18-17+. The summed E-state index contributed by atoms with van der Waals surface area (Å²) in [5, 5.41) is 0. The molecule has 0 amide bonds. The second kappa shape index (κ2) is 3.84. The van der Waals surface area contributed by atoms with Gasteiger partial charge in [-0.05, 0) is 59.1 Å². The zero-order valence-corrected chi connectivity index (χ0v) is 10.4. The summed E-state index contributed by atoms with van der Waals surface area (Å²) in [7, 11) is 0. The van der Waals surface area contributed by atoms with E-state index in [1.807, 2.05) is 0 Å². The Balaban J connectivity index is 1.93. The highest BCUT2D eigenvalue weighted by Crippen LogP contribution is 2.43. The van der Waals surface area contributed by atoms with Gasteiger partial charge in [-0.15, -0.1) is 0 Å². The zero-order valence-electron chi connectivity index (χ0n) is 10.4. The van der Waals surface area contributed by atoms with Crippen LogP contribution in [0.15, 0.2) is 48.5 Å². The quantitative estimate of drug-likeness (QED) is 0.627. The van der Waals surface area contributed by atoms with E-state index in [0.29, 0.717) is 0 Å². The normalized spacial score (nSPS) is 20.9. The molecule has 2 aliphatic rings. The Hall–Kier alpha value is -1.82. The minimum Gasteiger partial charge on any atom is -0.0620 e. The predicted molar refractivity (Wildman–Crippen MR) is 76.3 cm³/mol. The van der Waals surface area contributed by atoms with Crippen molar-refractivity contribution < 1.29 is 0 Å². The summed E-state index contributed by atoms with van der Waals surface area (Å²) < 4.78 is 0. The lowest BCUT2D eigenvalue weighted by molar-refractivity contribution is 1.06. The molecule has 0 unspecified atom stereocenters. The van der Waals surface area contributed by atoms with Crippen LogP contribution < -0.4 is 0 Å². The summed E-state index contributed by atoms with van der Waals surface area (Å²) >= 11 is 0. The van der Waals surface area contributed by atoms with Crippen LogP contribution in [0.25, 0.3) is 11.1 Å². The van der Waals surface area contributed by atoms with Crippen molar-refractivity contribution in [2.45, 2.75) is 25.7 Å². The van der Waals surface area contributed by atoms with Crippen LogP contribution in [0.5, 0.6) is 0 Å². The molecule has 0 bridgehead atoms. The highest BCUT2D eigenvalue weighted by molar-refractivity contribution is 5.95. The SMILES string of the molecule is c1ccc2c(c1)CC/C2=C1/CCc2ccccc21. The van der Waals surface area contributed by atoms with E-state index >= 15 is 0 Å². The molecule has 2 aromatic carbocycles. The first-order valence-corrected chi connectivity index (χ1v) is 6.82. The van der Waals surface area contributed by atoms with Gasteiger partial charge in [0.2, 0.25) is 0 Å². The summed E-state index contributed by atoms with van der Waals surface area (Å²) in [5.41, 5.74) is 9.29. The van der Waals surface area contributed by atoms with Crippen LogP contribution in [-0.4, -0.2) is 0 Å². The van der Waals surface area contributed by atoms with Gasteiger partial charge in [0, 0.05) is 0 Å². The third kappa shape index (κ3) is 1.38. The van der Waals surface area contributed by atoms with Crippen LogP contribution in [0, 0.1) is 0 Å². The van der Waals surface area contributed by atoms with Crippen LogP contribution in [0.4, 0.5) is 0 Å². The number of fused-ring (bicyclic) bond motifs is 2. The molecule has 0 saturated carbocycles. The second-order valence-corrected chi connectivity index (χ2v) is 5.27. The van der Waals surface area contributed by atoms with E-state index in [0.717, 1.165) is 0 Å². The molecule has 0 spiro atoms. The van der Waals surface area contributed by atoms with Gasteiger partial charge in [-0.2, -0.15) is 0 Å². The molecule has 0 heterocycles. The molecule has 0 N–H and O–H groups in total. The van der Waals surface area contributed by atoms with Crippen molar-refractivity contribution in [1.82, 2.24) is 0 Å². The topological polar surface area (TPSA) is 0 Å². The lowest BCUT2D eigenvalue weighted by atomic mass is 9.97. The fraction of sp³-hybridized carbons (Fsp3) is 0.222. The number of aryl methyl sites for hydroxylation is 2. The minimum absolute atomic E-state index is 1.22. The maximum absolute atomic E-state index is 2.30. The molecule has 18 heavy (non-hydrogen) atoms. The Morgan fingerprint density at radius 1 is 0.500 bits per heavy atom. The van der Waals surface area contributed by atoms with Gasteiger partial charge >= 0.3 is 0 Å². The molecule has 0 saturated heterocycles. The van der Waals surface area contributed by atoms with Crippen molar-refractivity contribution in [3.05, 3.63) is 70.8 Å². The number of hydrogen-bond donors (Lipinski definition) is 0. The van der Waals surface area contributed by atoms with Gasteiger partial charge in [0.05, 0.1) is 0 Å². The second-order valence-electron chi connectivity index (χ2n) is 5.27. The number of benzene rings is 2. The molecule has 0 heteroatoms. The molecule has 0 aromatic heterocycles. The first-order valence-electron chi connectivity index (χ1n) is 6.82. The third-order valence-electron chi connectivity index (χ3n) is 4.34. The smallest absolute Gasteiger partial charge is 0.0189 e. The van der Waals surface area contributed by atoms with Crippen molar-refractivity contribution in [1.29, 1.82) is 0 Å². The van der Waals surface area contributed by atoms with E-state index in [1.54, 1.807) is 11.1 Å². The number of allylic oxidation sites excluding steroid dienone is 2. The van der Waals surface area contributed by atoms with Crippen LogP contribution in [-0.2, 0) is 12.8 Å². The monoisotopic (exact) mass is 232 g/mol. The van der Waals surface area contributed by atoms with Crippen LogP contribution in [0.3, 0.4) is 0 Å². The molecular weight excluding hydrogens is 216 g/mol. The molecule has 0 fully saturated rings. The van der Waals surface area contributed by atoms with Gasteiger partial charge in [0.1, 0.15) is 0 Å². The van der Waals surface area contributed by atoms with Gasteiger partial charge < -0.3 is 0 Å². The Kier molecular flexibility index (Phi) is 2.16. The van der Waals surface area contributed by atoms with Crippen LogP contribution in [0.2, 0.25) is 0 Å². The maximum Gasteiger partial charge on any atom is -0.0189 e. The fourth-order valence-electron chi connectivity index (χ4n) is 3.48. The lowest BCUT2D eigenvalue weighted by Gasteiger charge is -2.07. The van der Waals surface area contributed by atoms with E-state index in [9.17, 15) is 0 Å². The Labute approximate surface area is 108 Å². The van der Waals surface area contributed by atoms with Crippen LogP contribution in [0.1, 0.15) is 35.1 Å². The Bertz CT molecular complexity index is 589. The Morgan fingerprint density at radius 3 is 1.44 bits per heavy atom. The van der Waals surface area contributed by atoms with Crippen molar-refractivity contribution in [2.24, 2.45) is 0 Å². The molecule has 0 radical (unpaired) electrons. The van der Waals surface area contributed by atoms with Gasteiger partial charge in [0.25, 0.3) is 0 Å². The summed E-state index contributed by atoms with van der Waals surface area (Å²) in [6.45, 7) is 0. The average molecular weight is 232 g/mol. The molecule has 4 rings (SSSR count). The molecule has 0 atom stereocenters. The van der Waals surface area contributed by atoms with Gasteiger partial charge in [-0.25, -0.2) is 0 Å². The largest absolute Gasteiger partial charge is 0.0620 e. The number of rotatable bonds is 0. The average Bonchev–Trinajstić information content (AvgIpc) is 3.01. The molecule has 0 nitrogen and oxygen atoms in total. The first kappa shape index (κ1) is 10.1. The minimum atomic E-state index is 1.22. The molecule has 88 valence electrons. The van der Waals surface area contributed by atoms with E-state index in [2.05, 4.69) is 48.5 Å². The van der Waals surface area contributed by atoms with Crippen molar-refractivity contribution in [2.75, 3.05) is 0 Å². The Morgan fingerprint density at radius 2 is 0.944 bits per heavy atom. The molecule has 2 aliphatic carbocycles. The van der Waals surface area contributed by atoms with E-state index in [1.165, 1.54) is 47.9 Å². The van der Waals surface area contributed by atoms with E-state index in [-0.39, 0.29) is 0 Å². The molecule has 0 aliphatic heterocycles.